The maximum absolute atomic E-state index is 12.1. The van der Waals surface area contributed by atoms with Crippen LogP contribution in [-0.2, 0) is 4.74 Å². The summed E-state index contributed by atoms with van der Waals surface area (Å²) in [6, 6.07) is 7.17. The van der Waals surface area contributed by atoms with Gasteiger partial charge in [-0.15, -0.1) is 0 Å². The number of hydrogen-bond donors (Lipinski definition) is 1. The van der Waals surface area contributed by atoms with Crippen LogP contribution in [0.5, 0.6) is 5.75 Å². The van der Waals surface area contributed by atoms with Gasteiger partial charge in [0.05, 0.1) is 13.7 Å². The van der Waals surface area contributed by atoms with E-state index in [4.69, 9.17) is 13.9 Å². The number of furan rings is 1. The number of methoxy groups -OCH3 is 1. The van der Waals surface area contributed by atoms with E-state index in [0.717, 1.165) is 51.0 Å². The molecule has 0 radical (unpaired) electrons. The minimum absolute atomic E-state index is 0.236. The first-order chi connectivity index (χ1) is 11.8. The Morgan fingerprint density at radius 1 is 1.25 bits per heavy atom. The number of piperazine rings is 1. The molecule has 0 saturated carbocycles. The van der Waals surface area contributed by atoms with Crippen molar-refractivity contribution in [3.05, 3.63) is 30.0 Å². The Kier molecular flexibility index (Phi) is 5.72. The molecule has 1 saturated heterocycles. The highest BCUT2D eigenvalue weighted by molar-refractivity contribution is 5.92. The Morgan fingerprint density at radius 2 is 2.08 bits per heavy atom. The standard InChI is InChI=1S/C18H24N2O4/c1-22-15-5-4-14-12-17(24-16(14)13-15)18(21)23-11-3-2-8-20-9-6-19-7-10-20/h4-5,12-13,19H,2-3,6-11H2,1H3. The fourth-order valence-electron chi connectivity index (χ4n) is 2.85. The smallest absolute Gasteiger partial charge is 0.374 e. The number of ether oxygens (including phenoxy) is 2. The molecule has 0 spiro atoms. The summed E-state index contributed by atoms with van der Waals surface area (Å²) in [6.07, 6.45) is 1.90. The Balaban J connectivity index is 1.43. The van der Waals surface area contributed by atoms with Crippen molar-refractivity contribution in [1.82, 2.24) is 10.2 Å². The van der Waals surface area contributed by atoms with Crippen LogP contribution in [0.1, 0.15) is 23.4 Å². The summed E-state index contributed by atoms with van der Waals surface area (Å²) in [7, 11) is 1.60. The molecule has 0 amide bonds. The summed E-state index contributed by atoms with van der Waals surface area (Å²) >= 11 is 0. The summed E-state index contributed by atoms with van der Waals surface area (Å²) in [5, 5.41) is 4.20. The minimum Gasteiger partial charge on any atom is -0.497 e. The predicted octanol–water partition coefficient (Wildman–Crippen LogP) is 2.28. The molecule has 6 nitrogen and oxygen atoms in total. The summed E-state index contributed by atoms with van der Waals surface area (Å²) in [6.45, 7) is 5.80. The Bertz CT molecular complexity index is 677. The van der Waals surface area contributed by atoms with E-state index >= 15 is 0 Å². The zero-order valence-corrected chi connectivity index (χ0v) is 14.0. The van der Waals surface area contributed by atoms with E-state index in [-0.39, 0.29) is 5.76 Å². The molecule has 2 aromatic rings. The van der Waals surface area contributed by atoms with Crippen LogP contribution in [0.2, 0.25) is 0 Å². The molecule has 0 aliphatic carbocycles. The Hall–Kier alpha value is -2.05. The van der Waals surface area contributed by atoms with Crippen molar-refractivity contribution < 1.29 is 18.7 Å². The van der Waals surface area contributed by atoms with E-state index in [1.807, 2.05) is 12.1 Å². The maximum atomic E-state index is 12.1. The SMILES string of the molecule is COc1ccc2cc(C(=O)OCCCCN3CCNCC3)oc2c1. The number of carbonyl (C=O) groups is 1. The van der Waals surface area contributed by atoms with Crippen molar-refractivity contribution >= 4 is 16.9 Å². The molecule has 3 rings (SSSR count). The first kappa shape index (κ1) is 16.8. The van der Waals surface area contributed by atoms with Crippen LogP contribution < -0.4 is 10.1 Å². The Labute approximate surface area is 141 Å². The molecule has 1 fully saturated rings. The lowest BCUT2D eigenvalue weighted by molar-refractivity contribution is 0.0461. The molecule has 0 atom stereocenters. The van der Waals surface area contributed by atoms with Gasteiger partial charge in [0, 0.05) is 37.6 Å². The van der Waals surface area contributed by atoms with Crippen LogP contribution in [0.3, 0.4) is 0 Å². The number of carbonyl (C=O) groups excluding carboxylic acids is 1. The zero-order chi connectivity index (χ0) is 16.8. The average molecular weight is 332 g/mol. The number of hydrogen-bond acceptors (Lipinski definition) is 6. The van der Waals surface area contributed by atoms with Gasteiger partial charge in [0.15, 0.2) is 0 Å². The number of benzene rings is 1. The van der Waals surface area contributed by atoms with Crippen LogP contribution in [0.4, 0.5) is 0 Å². The number of nitrogens with zero attached hydrogens (tertiary/aromatic N) is 1. The highest BCUT2D eigenvalue weighted by Crippen LogP contribution is 2.24. The van der Waals surface area contributed by atoms with Crippen LogP contribution >= 0.6 is 0 Å². The summed E-state index contributed by atoms with van der Waals surface area (Å²) in [5.74, 6) is 0.525. The molecule has 0 unspecified atom stereocenters. The molecular formula is C18H24N2O4. The zero-order valence-electron chi connectivity index (χ0n) is 14.0. The molecule has 6 heteroatoms. The number of fused-ring (bicyclic) bond motifs is 1. The number of rotatable bonds is 7. The number of esters is 1. The van der Waals surface area contributed by atoms with Crippen molar-refractivity contribution in [3.63, 3.8) is 0 Å². The third-order valence-corrected chi connectivity index (χ3v) is 4.24. The van der Waals surface area contributed by atoms with Gasteiger partial charge in [-0.25, -0.2) is 4.79 Å². The predicted molar refractivity (Wildman–Crippen MR) is 91.6 cm³/mol. The molecule has 130 valence electrons. The van der Waals surface area contributed by atoms with Crippen molar-refractivity contribution in [2.45, 2.75) is 12.8 Å². The topological polar surface area (TPSA) is 63.9 Å². The van der Waals surface area contributed by atoms with E-state index in [9.17, 15) is 4.79 Å². The second kappa shape index (κ2) is 8.17. The van der Waals surface area contributed by atoms with Gasteiger partial charge in [-0.05, 0) is 37.6 Å². The van der Waals surface area contributed by atoms with Crippen LogP contribution in [-0.4, -0.2) is 57.3 Å². The quantitative estimate of drug-likeness (QED) is 0.620. The van der Waals surface area contributed by atoms with Crippen LogP contribution in [0, 0.1) is 0 Å². The minimum atomic E-state index is -0.410. The first-order valence-corrected chi connectivity index (χ1v) is 8.44. The van der Waals surface area contributed by atoms with Crippen molar-refractivity contribution in [3.8, 4) is 5.75 Å². The van der Waals surface area contributed by atoms with E-state index in [2.05, 4.69) is 10.2 Å². The van der Waals surface area contributed by atoms with Gasteiger partial charge in [-0.2, -0.15) is 0 Å². The highest BCUT2D eigenvalue weighted by Gasteiger charge is 2.14. The van der Waals surface area contributed by atoms with E-state index in [1.165, 1.54) is 0 Å². The molecule has 1 aliphatic heterocycles. The highest BCUT2D eigenvalue weighted by atomic mass is 16.5. The normalized spacial score (nSPS) is 15.5. The van der Waals surface area contributed by atoms with Gasteiger partial charge >= 0.3 is 5.97 Å². The summed E-state index contributed by atoms with van der Waals surface area (Å²) < 4.78 is 16.0. The molecule has 0 bridgehead atoms. The van der Waals surface area contributed by atoms with Gasteiger partial charge in [0.25, 0.3) is 0 Å². The fourth-order valence-corrected chi connectivity index (χ4v) is 2.85. The molecule has 1 aromatic carbocycles. The van der Waals surface area contributed by atoms with E-state index < -0.39 is 5.97 Å². The largest absolute Gasteiger partial charge is 0.497 e. The Morgan fingerprint density at radius 3 is 2.88 bits per heavy atom. The van der Waals surface area contributed by atoms with Gasteiger partial charge in [0.2, 0.25) is 5.76 Å². The van der Waals surface area contributed by atoms with Crippen molar-refractivity contribution in [2.75, 3.05) is 46.4 Å². The molecule has 24 heavy (non-hydrogen) atoms. The molecule has 1 aromatic heterocycles. The van der Waals surface area contributed by atoms with E-state index in [1.54, 1.807) is 19.2 Å². The maximum Gasteiger partial charge on any atom is 0.374 e. The third-order valence-electron chi connectivity index (χ3n) is 4.24. The fraction of sp³-hybridized carbons (Fsp3) is 0.500. The monoisotopic (exact) mass is 332 g/mol. The second-order valence-electron chi connectivity index (χ2n) is 5.95. The molecular weight excluding hydrogens is 308 g/mol. The number of unbranched alkanes of at least 4 members (excludes halogenated alkanes) is 1. The first-order valence-electron chi connectivity index (χ1n) is 8.44. The average Bonchev–Trinajstić information content (AvgIpc) is 3.05. The van der Waals surface area contributed by atoms with Crippen LogP contribution in [0.15, 0.2) is 28.7 Å². The lowest BCUT2D eigenvalue weighted by Gasteiger charge is -2.26. The van der Waals surface area contributed by atoms with Gasteiger partial charge < -0.3 is 24.1 Å². The molecule has 1 aliphatic rings. The van der Waals surface area contributed by atoms with Gasteiger partial charge in [-0.1, -0.05) is 0 Å². The second-order valence-corrected chi connectivity index (χ2v) is 5.95. The molecule has 2 heterocycles. The van der Waals surface area contributed by atoms with Crippen molar-refractivity contribution in [1.29, 1.82) is 0 Å². The summed E-state index contributed by atoms with van der Waals surface area (Å²) in [5.41, 5.74) is 0.625. The van der Waals surface area contributed by atoms with Crippen molar-refractivity contribution in [2.24, 2.45) is 0 Å². The summed E-state index contributed by atoms with van der Waals surface area (Å²) in [4.78, 5) is 14.5. The van der Waals surface area contributed by atoms with Gasteiger partial charge in [0.1, 0.15) is 11.3 Å². The lowest BCUT2D eigenvalue weighted by Crippen LogP contribution is -2.43. The number of nitrogens with one attached hydrogen (secondary N) is 1. The molecule has 1 N–H and O–H groups in total. The lowest BCUT2D eigenvalue weighted by atomic mass is 10.2. The third kappa shape index (κ3) is 4.27. The van der Waals surface area contributed by atoms with Gasteiger partial charge in [-0.3, -0.25) is 0 Å². The van der Waals surface area contributed by atoms with E-state index in [0.29, 0.717) is 17.9 Å². The van der Waals surface area contributed by atoms with Crippen LogP contribution in [0.25, 0.3) is 11.0 Å².